The SMILES string of the molecule is COc1ccc(C(CN)NC(=O)OC(C)(C)C)cc1C(F)(F)F. The summed E-state index contributed by atoms with van der Waals surface area (Å²) in [5.74, 6) is -0.297. The highest BCUT2D eigenvalue weighted by atomic mass is 19.4. The van der Waals surface area contributed by atoms with Gasteiger partial charge in [-0.1, -0.05) is 6.07 Å². The van der Waals surface area contributed by atoms with Gasteiger partial charge in [0.15, 0.2) is 0 Å². The average Bonchev–Trinajstić information content (AvgIpc) is 2.41. The molecule has 5 nitrogen and oxygen atoms in total. The summed E-state index contributed by atoms with van der Waals surface area (Å²) in [6.07, 6.45) is -5.33. The topological polar surface area (TPSA) is 73.6 Å². The van der Waals surface area contributed by atoms with Gasteiger partial charge in [0.2, 0.25) is 0 Å². The van der Waals surface area contributed by atoms with Crippen molar-refractivity contribution in [1.29, 1.82) is 0 Å². The van der Waals surface area contributed by atoms with E-state index in [4.69, 9.17) is 15.2 Å². The highest BCUT2D eigenvalue weighted by Gasteiger charge is 2.35. The second-order valence-corrected chi connectivity index (χ2v) is 5.89. The Morgan fingerprint density at radius 2 is 1.91 bits per heavy atom. The molecule has 0 fully saturated rings. The van der Waals surface area contributed by atoms with Crippen LogP contribution in [0.1, 0.15) is 37.9 Å². The lowest BCUT2D eigenvalue weighted by Gasteiger charge is -2.24. The number of alkyl halides is 3. The van der Waals surface area contributed by atoms with Gasteiger partial charge in [-0.2, -0.15) is 13.2 Å². The fourth-order valence-electron chi connectivity index (χ4n) is 1.89. The highest BCUT2D eigenvalue weighted by molar-refractivity contribution is 5.68. The molecule has 23 heavy (non-hydrogen) atoms. The van der Waals surface area contributed by atoms with Crippen LogP contribution in [0.3, 0.4) is 0 Å². The van der Waals surface area contributed by atoms with E-state index in [0.717, 1.165) is 13.2 Å². The number of benzene rings is 1. The van der Waals surface area contributed by atoms with Crippen LogP contribution in [-0.2, 0) is 10.9 Å². The molecule has 130 valence electrons. The molecule has 0 saturated heterocycles. The first-order valence-electron chi connectivity index (χ1n) is 6.92. The Bertz CT molecular complexity index is 554. The maximum absolute atomic E-state index is 13.0. The van der Waals surface area contributed by atoms with Crippen molar-refractivity contribution in [1.82, 2.24) is 5.32 Å². The number of halogens is 3. The Balaban J connectivity index is 3.05. The van der Waals surface area contributed by atoms with Crippen molar-refractivity contribution in [2.45, 2.75) is 38.6 Å². The molecule has 1 rings (SSSR count). The zero-order valence-electron chi connectivity index (χ0n) is 13.5. The number of nitrogens with one attached hydrogen (secondary N) is 1. The van der Waals surface area contributed by atoms with Crippen LogP contribution in [0.5, 0.6) is 5.75 Å². The average molecular weight is 334 g/mol. The molecule has 3 N–H and O–H groups in total. The van der Waals surface area contributed by atoms with Crippen LogP contribution < -0.4 is 15.8 Å². The molecule has 8 heteroatoms. The Kier molecular flexibility index (Phi) is 5.87. The fourth-order valence-corrected chi connectivity index (χ4v) is 1.89. The van der Waals surface area contributed by atoms with Gasteiger partial charge in [-0.25, -0.2) is 4.79 Å². The molecule has 1 atom stereocenters. The van der Waals surface area contributed by atoms with Gasteiger partial charge >= 0.3 is 12.3 Å². The summed E-state index contributed by atoms with van der Waals surface area (Å²) in [5, 5.41) is 2.46. The van der Waals surface area contributed by atoms with Crippen molar-refractivity contribution < 1.29 is 27.4 Å². The summed E-state index contributed by atoms with van der Waals surface area (Å²) in [6, 6.07) is 2.71. The zero-order valence-corrected chi connectivity index (χ0v) is 13.5. The largest absolute Gasteiger partial charge is 0.496 e. The van der Waals surface area contributed by atoms with Crippen molar-refractivity contribution in [2.24, 2.45) is 5.73 Å². The summed E-state index contributed by atoms with van der Waals surface area (Å²) in [5.41, 5.74) is 4.13. The molecular weight excluding hydrogens is 313 g/mol. The Hall–Kier alpha value is -1.96. The van der Waals surface area contributed by atoms with E-state index in [0.29, 0.717) is 0 Å². The van der Waals surface area contributed by atoms with Gasteiger partial charge in [-0.05, 0) is 38.5 Å². The van der Waals surface area contributed by atoms with Crippen LogP contribution in [-0.4, -0.2) is 25.3 Å². The predicted octanol–water partition coefficient (Wildman–Crippen LogP) is 3.24. The third kappa shape index (κ3) is 5.63. The molecule has 1 aromatic rings. The van der Waals surface area contributed by atoms with Crippen molar-refractivity contribution in [3.05, 3.63) is 29.3 Å². The number of ether oxygens (including phenoxy) is 2. The van der Waals surface area contributed by atoms with Crippen LogP contribution in [0.4, 0.5) is 18.0 Å². The number of hydrogen-bond acceptors (Lipinski definition) is 4. The van der Waals surface area contributed by atoms with E-state index < -0.39 is 29.5 Å². The normalized spacial score (nSPS) is 13.4. The molecule has 0 heterocycles. The molecule has 0 aromatic heterocycles. The minimum atomic E-state index is -4.58. The number of nitrogens with two attached hydrogens (primary N) is 1. The quantitative estimate of drug-likeness (QED) is 0.886. The number of carbonyl (C=O) groups excluding carboxylic acids is 1. The standard InChI is InChI=1S/C15H21F3N2O3/c1-14(2,3)23-13(21)20-11(8-19)9-5-6-12(22-4)10(7-9)15(16,17)18/h5-7,11H,8,19H2,1-4H3,(H,20,21). The van der Waals surface area contributed by atoms with Gasteiger partial charge in [0, 0.05) is 6.54 Å². The Morgan fingerprint density at radius 3 is 2.35 bits per heavy atom. The van der Waals surface area contributed by atoms with Gasteiger partial charge in [0.25, 0.3) is 0 Å². The van der Waals surface area contributed by atoms with Crippen molar-refractivity contribution in [2.75, 3.05) is 13.7 Å². The number of carbonyl (C=O) groups is 1. The van der Waals surface area contributed by atoms with Gasteiger partial charge < -0.3 is 20.5 Å². The minimum absolute atomic E-state index is 0.0805. The van der Waals surface area contributed by atoms with E-state index in [9.17, 15) is 18.0 Å². The summed E-state index contributed by atoms with van der Waals surface area (Å²) in [7, 11) is 1.16. The molecule has 1 unspecified atom stereocenters. The maximum Gasteiger partial charge on any atom is 0.419 e. The van der Waals surface area contributed by atoms with Crippen molar-refractivity contribution in [3.63, 3.8) is 0 Å². The first kappa shape index (κ1) is 19.1. The van der Waals surface area contributed by atoms with Gasteiger partial charge in [-0.3, -0.25) is 0 Å². The highest BCUT2D eigenvalue weighted by Crippen LogP contribution is 2.37. The molecule has 1 amide bonds. The number of methoxy groups -OCH3 is 1. The van der Waals surface area contributed by atoms with Crippen molar-refractivity contribution >= 4 is 6.09 Å². The van der Waals surface area contributed by atoms with E-state index in [1.54, 1.807) is 20.8 Å². The summed E-state index contributed by atoms with van der Waals surface area (Å²) < 4.78 is 48.9. The Labute approximate surface area is 132 Å². The van der Waals surface area contributed by atoms with E-state index in [1.165, 1.54) is 12.1 Å². The molecular formula is C15H21F3N2O3. The summed E-state index contributed by atoms with van der Waals surface area (Å²) in [4.78, 5) is 11.8. The van der Waals surface area contributed by atoms with Gasteiger partial charge in [0.1, 0.15) is 11.4 Å². The van der Waals surface area contributed by atoms with E-state index in [2.05, 4.69) is 5.32 Å². The Morgan fingerprint density at radius 1 is 1.30 bits per heavy atom. The van der Waals surface area contributed by atoms with Crippen LogP contribution in [0, 0.1) is 0 Å². The lowest BCUT2D eigenvalue weighted by molar-refractivity contribution is -0.138. The third-order valence-electron chi connectivity index (χ3n) is 2.86. The first-order valence-corrected chi connectivity index (χ1v) is 6.92. The fraction of sp³-hybridized carbons (Fsp3) is 0.533. The molecule has 0 spiro atoms. The molecule has 1 aromatic carbocycles. The molecule has 0 aliphatic carbocycles. The predicted molar refractivity (Wildman–Crippen MR) is 79.2 cm³/mol. The van der Waals surface area contributed by atoms with Crippen LogP contribution in [0.15, 0.2) is 18.2 Å². The second-order valence-electron chi connectivity index (χ2n) is 5.89. The number of amides is 1. The van der Waals surface area contributed by atoms with E-state index in [-0.39, 0.29) is 17.9 Å². The molecule has 0 aliphatic heterocycles. The smallest absolute Gasteiger partial charge is 0.419 e. The van der Waals surface area contributed by atoms with Crippen molar-refractivity contribution in [3.8, 4) is 5.75 Å². The van der Waals surface area contributed by atoms with E-state index >= 15 is 0 Å². The lowest BCUT2D eigenvalue weighted by atomic mass is 10.0. The number of hydrogen-bond donors (Lipinski definition) is 2. The van der Waals surface area contributed by atoms with E-state index in [1.807, 2.05) is 0 Å². The molecule has 0 aliphatic rings. The summed E-state index contributed by atoms with van der Waals surface area (Å²) >= 11 is 0. The molecule has 0 radical (unpaired) electrons. The van der Waals surface area contributed by atoms with Crippen LogP contribution in [0.2, 0.25) is 0 Å². The zero-order chi connectivity index (χ0) is 17.8. The van der Waals surface area contributed by atoms with Gasteiger partial charge in [-0.15, -0.1) is 0 Å². The lowest BCUT2D eigenvalue weighted by Crippen LogP contribution is -2.37. The number of alkyl carbamates (subject to hydrolysis) is 1. The van der Waals surface area contributed by atoms with Gasteiger partial charge in [0.05, 0.1) is 18.7 Å². The minimum Gasteiger partial charge on any atom is -0.496 e. The summed E-state index contributed by atoms with van der Waals surface area (Å²) in [6.45, 7) is 4.96. The number of rotatable bonds is 4. The monoisotopic (exact) mass is 334 g/mol. The first-order chi connectivity index (χ1) is 10.5. The second kappa shape index (κ2) is 7.08. The maximum atomic E-state index is 13.0. The molecule has 0 saturated carbocycles. The third-order valence-corrected chi connectivity index (χ3v) is 2.86. The molecule has 0 bridgehead atoms. The van der Waals surface area contributed by atoms with Crippen LogP contribution in [0.25, 0.3) is 0 Å². The van der Waals surface area contributed by atoms with Crippen LogP contribution >= 0.6 is 0 Å².